The Bertz CT molecular complexity index is 1910. The predicted molar refractivity (Wildman–Crippen MR) is 185 cm³/mol. The van der Waals surface area contributed by atoms with Crippen molar-refractivity contribution < 1.29 is 13.9 Å². The van der Waals surface area contributed by atoms with Crippen molar-refractivity contribution in [2.45, 2.75) is 57.2 Å². The van der Waals surface area contributed by atoms with E-state index in [0.29, 0.717) is 6.42 Å². The number of fused-ring (bicyclic) bond motifs is 1. The smallest absolute Gasteiger partial charge is 0.407 e. The Morgan fingerprint density at radius 2 is 1.47 bits per heavy atom. The van der Waals surface area contributed by atoms with Crippen molar-refractivity contribution in [3.63, 3.8) is 0 Å². The summed E-state index contributed by atoms with van der Waals surface area (Å²) in [4.78, 5) is 22.6. The zero-order valence-corrected chi connectivity index (χ0v) is 26.9. The van der Waals surface area contributed by atoms with E-state index in [1.54, 1.807) is 12.6 Å². The van der Waals surface area contributed by atoms with Crippen LogP contribution in [0.2, 0.25) is 0 Å². The number of allylic oxidation sites excluding steroid dienone is 1. The minimum absolute atomic E-state index is 0.0824. The number of alkyl carbamates (subject to hydrolysis) is 1. The minimum Gasteiger partial charge on any atom is -0.464 e. The van der Waals surface area contributed by atoms with Crippen LogP contribution in [0.5, 0.6) is 0 Å². The number of ether oxygens (including phenoxy) is 1. The molecule has 0 fully saturated rings. The van der Waals surface area contributed by atoms with Gasteiger partial charge in [0.25, 0.3) is 0 Å². The summed E-state index contributed by atoms with van der Waals surface area (Å²) in [6.45, 7) is 5.62. The molecule has 7 rings (SSSR count). The minimum atomic E-state index is -0.778. The Kier molecular flexibility index (Phi) is 7.98. The average molecular weight is 623 g/mol. The summed E-state index contributed by atoms with van der Waals surface area (Å²) in [6, 6.07) is 35.5. The van der Waals surface area contributed by atoms with Crippen molar-refractivity contribution in [3.05, 3.63) is 150 Å². The van der Waals surface area contributed by atoms with Crippen molar-refractivity contribution in [2.75, 3.05) is 0 Å². The molecule has 1 N–H and O–H groups in total. The molecule has 0 saturated carbocycles. The third-order valence-corrected chi connectivity index (χ3v) is 8.70. The molecule has 1 aliphatic carbocycles. The molecule has 0 unspecified atom stereocenters. The largest absolute Gasteiger partial charge is 0.464 e. The summed E-state index contributed by atoms with van der Waals surface area (Å²) in [5, 5.41) is 3.99. The maximum Gasteiger partial charge on any atom is 0.407 e. The van der Waals surface area contributed by atoms with Gasteiger partial charge in [0, 0.05) is 17.8 Å². The zero-order chi connectivity index (χ0) is 32.4. The summed E-state index contributed by atoms with van der Waals surface area (Å²) in [6.07, 6.45) is 9.58. The van der Waals surface area contributed by atoms with Crippen LogP contribution in [0.4, 0.5) is 4.79 Å². The number of hydrogen-bond donors (Lipinski definition) is 1. The summed E-state index contributed by atoms with van der Waals surface area (Å²) < 4.78 is 13.9. The maximum atomic E-state index is 12.7. The molecule has 3 heterocycles. The summed E-state index contributed by atoms with van der Waals surface area (Å²) in [5.74, 6) is 0.729. The predicted octanol–water partition coefficient (Wildman–Crippen LogP) is 8.99. The lowest BCUT2D eigenvalue weighted by Gasteiger charge is -2.38. The molecule has 1 atom stereocenters. The van der Waals surface area contributed by atoms with E-state index in [2.05, 4.69) is 95.0 Å². The van der Waals surface area contributed by atoms with Gasteiger partial charge < -0.3 is 19.0 Å². The van der Waals surface area contributed by atoms with Gasteiger partial charge in [0.15, 0.2) is 0 Å². The third kappa shape index (κ3) is 5.74. The van der Waals surface area contributed by atoms with Gasteiger partial charge in [-0.05, 0) is 74.4 Å². The quantitative estimate of drug-likeness (QED) is 0.180. The van der Waals surface area contributed by atoms with Crippen molar-refractivity contribution in [3.8, 4) is 11.3 Å². The van der Waals surface area contributed by atoms with Crippen LogP contribution in [0.3, 0.4) is 0 Å². The summed E-state index contributed by atoms with van der Waals surface area (Å²) in [5.41, 5.74) is 5.51. The fourth-order valence-corrected chi connectivity index (χ4v) is 6.84. The molecule has 3 aromatic heterocycles. The van der Waals surface area contributed by atoms with Crippen LogP contribution in [0.25, 0.3) is 27.9 Å². The average Bonchev–Trinajstić information content (AvgIpc) is 3.75. The number of carbonyl (C=O) groups excluding carboxylic acids is 1. The lowest BCUT2D eigenvalue weighted by Crippen LogP contribution is -2.40. The number of hydrogen-bond acceptors (Lipinski definition) is 5. The molecule has 3 aromatic carbocycles. The maximum absolute atomic E-state index is 12.7. The Balaban J connectivity index is 1.46. The molecule has 1 aliphatic rings. The monoisotopic (exact) mass is 622 g/mol. The van der Waals surface area contributed by atoms with E-state index >= 15 is 0 Å². The second-order valence-corrected chi connectivity index (χ2v) is 13.0. The molecule has 7 heteroatoms. The Morgan fingerprint density at radius 1 is 0.851 bits per heavy atom. The fourth-order valence-electron chi connectivity index (χ4n) is 6.84. The standard InChI is InChI=1S/C40H38N4O3/c1-39(2,3)47-38(45)43-32-22-13-15-28(25-32)36-35-33(34-23-14-24-46-34)26-44(37(35)42-27-41-36)40(29-16-7-4-8-17-29,30-18-9-5-10-19-30)31-20-11-6-12-21-31/h4-12,14-21,23-24,26-27,32H,13,22,25H2,1-3H3,(H,43,45)/t32-/m0/s1. The van der Waals surface area contributed by atoms with E-state index in [0.717, 1.165) is 63.2 Å². The number of benzene rings is 3. The molecule has 0 radical (unpaired) electrons. The van der Waals surface area contributed by atoms with Crippen LogP contribution < -0.4 is 5.32 Å². The summed E-state index contributed by atoms with van der Waals surface area (Å²) in [7, 11) is 0. The first-order valence-corrected chi connectivity index (χ1v) is 16.1. The lowest BCUT2D eigenvalue weighted by atomic mass is 9.76. The molecule has 7 nitrogen and oxygen atoms in total. The Labute approximate surface area is 275 Å². The van der Waals surface area contributed by atoms with Crippen LogP contribution in [0.1, 0.15) is 62.4 Å². The number of carbonyl (C=O) groups is 1. The van der Waals surface area contributed by atoms with Crippen molar-refractivity contribution in [1.29, 1.82) is 0 Å². The molecule has 1 amide bonds. The number of aromatic nitrogens is 3. The number of nitrogens with zero attached hydrogens (tertiary/aromatic N) is 3. The van der Waals surface area contributed by atoms with Gasteiger partial charge in [0.05, 0.1) is 17.3 Å². The van der Waals surface area contributed by atoms with E-state index in [9.17, 15) is 4.79 Å². The van der Waals surface area contributed by atoms with Gasteiger partial charge in [0.2, 0.25) is 0 Å². The van der Waals surface area contributed by atoms with E-state index in [1.165, 1.54) is 0 Å². The van der Waals surface area contributed by atoms with Crippen molar-refractivity contribution >= 4 is 22.7 Å². The molecule has 0 bridgehead atoms. The van der Waals surface area contributed by atoms with E-state index in [-0.39, 0.29) is 6.04 Å². The normalized spacial score (nSPS) is 15.3. The SMILES string of the molecule is CC(C)(C)OC(=O)N[C@H]1CCC=C(c2ncnc3c2c(-c2ccco2)cn3C(c2ccccc2)(c2ccccc2)c2ccccc2)C1. The first kappa shape index (κ1) is 30.2. The molecule has 0 spiro atoms. The molecular weight excluding hydrogens is 584 g/mol. The van der Waals surface area contributed by atoms with Gasteiger partial charge in [-0.2, -0.15) is 0 Å². The highest BCUT2D eigenvalue weighted by Crippen LogP contribution is 2.46. The topological polar surface area (TPSA) is 82.2 Å². The van der Waals surface area contributed by atoms with Crippen LogP contribution in [-0.2, 0) is 10.3 Å². The van der Waals surface area contributed by atoms with E-state index in [1.807, 2.05) is 51.1 Å². The first-order chi connectivity index (χ1) is 22.8. The zero-order valence-electron chi connectivity index (χ0n) is 26.9. The van der Waals surface area contributed by atoms with Crippen molar-refractivity contribution in [1.82, 2.24) is 19.9 Å². The number of nitrogens with one attached hydrogen (secondary N) is 1. The van der Waals surface area contributed by atoms with Gasteiger partial charge in [-0.1, -0.05) is 97.1 Å². The number of furan rings is 1. The number of rotatable bonds is 7. The lowest BCUT2D eigenvalue weighted by molar-refractivity contribution is 0.0502. The van der Waals surface area contributed by atoms with Crippen LogP contribution in [-0.4, -0.2) is 32.3 Å². The molecule has 6 aromatic rings. The second-order valence-electron chi connectivity index (χ2n) is 13.0. The second kappa shape index (κ2) is 12.4. The fraction of sp³-hybridized carbons (Fsp3) is 0.225. The Morgan fingerprint density at radius 3 is 2.02 bits per heavy atom. The van der Waals surface area contributed by atoms with Gasteiger partial charge in [-0.25, -0.2) is 14.8 Å². The van der Waals surface area contributed by atoms with Crippen LogP contribution in [0.15, 0.2) is 132 Å². The van der Waals surface area contributed by atoms with Crippen LogP contribution in [0, 0.1) is 0 Å². The van der Waals surface area contributed by atoms with E-state index < -0.39 is 17.2 Å². The summed E-state index contributed by atoms with van der Waals surface area (Å²) >= 11 is 0. The molecule has 236 valence electrons. The highest BCUT2D eigenvalue weighted by atomic mass is 16.6. The molecular formula is C40H38N4O3. The first-order valence-electron chi connectivity index (χ1n) is 16.1. The number of amides is 1. The van der Waals surface area contributed by atoms with Gasteiger partial charge in [0.1, 0.15) is 28.9 Å². The van der Waals surface area contributed by atoms with Crippen LogP contribution >= 0.6 is 0 Å². The molecule has 0 saturated heterocycles. The third-order valence-electron chi connectivity index (χ3n) is 8.70. The molecule has 0 aliphatic heterocycles. The van der Waals surface area contributed by atoms with Crippen molar-refractivity contribution in [2.24, 2.45) is 0 Å². The van der Waals surface area contributed by atoms with Gasteiger partial charge >= 0.3 is 6.09 Å². The Hall–Kier alpha value is -5.43. The van der Waals surface area contributed by atoms with E-state index in [4.69, 9.17) is 19.1 Å². The van der Waals surface area contributed by atoms with Gasteiger partial charge in [-0.3, -0.25) is 0 Å². The molecule has 47 heavy (non-hydrogen) atoms. The highest BCUT2D eigenvalue weighted by Gasteiger charge is 2.41. The highest BCUT2D eigenvalue weighted by molar-refractivity contribution is 6.00. The van der Waals surface area contributed by atoms with Gasteiger partial charge in [-0.15, -0.1) is 0 Å².